The van der Waals surface area contributed by atoms with Gasteiger partial charge in [-0.1, -0.05) is 0 Å². The molecule has 1 saturated carbocycles. The van der Waals surface area contributed by atoms with Crippen LogP contribution in [0.5, 0.6) is 0 Å². The Morgan fingerprint density at radius 1 is 1.61 bits per heavy atom. The van der Waals surface area contributed by atoms with Crippen molar-refractivity contribution in [2.45, 2.75) is 25.3 Å². The lowest BCUT2D eigenvalue weighted by Crippen LogP contribution is -2.32. The topological polar surface area (TPSA) is 98.3 Å². The molecule has 18 heavy (non-hydrogen) atoms. The van der Waals surface area contributed by atoms with Crippen molar-refractivity contribution < 1.29 is 23.6 Å². The summed E-state index contributed by atoms with van der Waals surface area (Å²) in [6, 6.07) is -0.364. The van der Waals surface area contributed by atoms with Crippen LogP contribution in [0.15, 0.2) is 6.20 Å². The van der Waals surface area contributed by atoms with Crippen LogP contribution in [-0.2, 0) is 4.79 Å². The molecular formula is C9H9F2N3O4. The minimum atomic E-state index is -3.03. The number of hydrogen-bond donors (Lipinski definition) is 1. The molecule has 1 heterocycles. The maximum Gasteiger partial charge on any atom is 0.316 e. The highest BCUT2D eigenvalue weighted by Crippen LogP contribution is 2.39. The molecule has 1 aromatic rings. The van der Waals surface area contributed by atoms with E-state index in [-0.39, 0.29) is 18.9 Å². The first-order valence-corrected chi connectivity index (χ1v) is 5.14. The van der Waals surface area contributed by atoms with Gasteiger partial charge in [0.05, 0.1) is 16.9 Å². The Balaban J connectivity index is 2.19. The van der Waals surface area contributed by atoms with Gasteiger partial charge < -0.3 is 5.11 Å². The molecule has 0 radical (unpaired) electrons. The summed E-state index contributed by atoms with van der Waals surface area (Å²) in [6.07, 6.45) is -1.60. The first-order chi connectivity index (χ1) is 8.40. The molecule has 2 rings (SSSR count). The number of carboxylic acid groups (broad SMARTS) is 1. The van der Waals surface area contributed by atoms with Crippen molar-refractivity contribution in [1.29, 1.82) is 0 Å². The van der Waals surface area contributed by atoms with E-state index in [4.69, 9.17) is 5.11 Å². The molecule has 0 bridgehead atoms. The van der Waals surface area contributed by atoms with E-state index < -0.39 is 34.6 Å². The van der Waals surface area contributed by atoms with Gasteiger partial charge >= 0.3 is 11.7 Å². The van der Waals surface area contributed by atoms with Gasteiger partial charge in [0.25, 0.3) is 6.43 Å². The molecule has 98 valence electrons. The molecule has 1 fully saturated rings. The third-order valence-corrected chi connectivity index (χ3v) is 2.98. The molecule has 0 saturated heterocycles. The Bertz CT molecular complexity index is 496. The Morgan fingerprint density at radius 2 is 2.22 bits per heavy atom. The third kappa shape index (κ3) is 2.03. The number of aliphatic carboxylic acids is 1. The summed E-state index contributed by atoms with van der Waals surface area (Å²) in [7, 11) is 0. The molecule has 0 spiro atoms. The molecule has 1 aliphatic carbocycles. The van der Waals surface area contributed by atoms with Crippen molar-refractivity contribution in [2.24, 2.45) is 5.92 Å². The maximum absolute atomic E-state index is 12.5. The molecule has 1 N–H and O–H groups in total. The van der Waals surface area contributed by atoms with Crippen LogP contribution in [0, 0.1) is 16.0 Å². The summed E-state index contributed by atoms with van der Waals surface area (Å²) in [5.41, 5.74) is -1.61. The highest BCUT2D eigenvalue weighted by Gasteiger charge is 2.38. The zero-order valence-electron chi connectivity index (χ0n) is 8.99. The number of rotatable bonds is 4. The summed E-state index contributed by atoms with van der Waals surface area (Å²) in [6.45, 7) is 0. The van der Waals surface area contributed by atoms with Crippen molar-refractivity contribution in [3.05, 3.63) is 22.0 Å². The molecule has 0 aliphatic heterocycles. The first kappa shape index (κ1) is 12.4. The summed E-state index contributed by atoms with van der Waals surface area (Å²) < 4.78 is 26.1. The summed E-state index contributed by atoms with van der Waals surface area (Å²) in [5, 5.41) is 22.7. The molecule has 0 unspecified atom stereocenters. The van der Waals surface area contributed by atoms with E-state index in [1.165, 1.54) is 0 Å². The van der Waals surface area contributed by atoms with E-state index >= 15 is 0 Å². The maximum atomic E-state index is 12.5. The number of aromatic nitrogens is 2. The smallest absolute Gasteiger partial charge is 0.316 e. The van der Waals surface area contributed by atoms with Crippen molar-refractivity contribution >= 4 is 11.7 Å². The number of hydrogen-bond acceptors (Lipinski definition) is 4. The van der Waals surface area contributed by atoms with Crippen molar-refractivity contribution in [3.8, 4) is 0 Å². The second kappa shape index (κ2) is 4.31. The SMILES string of the molecule is O=C(O)C1CC(n2cc([N+](=O)[O-])c(C(F)F)n2)C1. The van der Waals surface area contributed by atoms with E-state index in [1.807, 2.05) is 0 Å². The van der Waals surface area contributed by atoms with Crippen molar-refractivity contribution in [3.63, 3.8) is 0 Å². The number of nitro groups is 1. The fraction of sp³-hybridized carbons (Fsp3) is 0.556. The Morgan fingerprint density at radius 3 is 2.61 bits per heavy atom. The van der Waals surface area contributed by atoms with Crippen LogP contribution in [0.2, 0.25) is 0 Å². The average Bonchev–Trinajstić information content (AvgIpc) is 2.59. The molecule has 0 aromatic carbocycles. The number of carbonyl (C=O) groups is 1. The average molecular weight is 261 g/mol. The number of carboxylic acids is 1. The zero-order valence-corrected chi connectivity index (χ0v) is 8.99. The molecule has 0 atom stereocenters. The fourth-order valence-electron chi connectivity index (χ4n) is 1.88. The van der Waals surface area contributed by atoms with Gasteiger partial charge in [0, 0.05) is 0 Å². The van der Waals surface area contributed by atoms with Gasteiger partial charge in [-0.2, -0.15) is 5.10 Å². The van der Waals surface area contributed by atoms with Gasteiger partial charge in [0.1, 0.15) is 6.20 Å². The number of alkyl halides is 2. The van der Waals surface area contributed by atoms with Crippen LogP contribution in [0.25, 0.3) is 0 Å². The first-order valence-electron chi connectivity index (χ1n) is 5.14. The number of halogens is 2. The highest BCUT2D eigenvalue weighted by molar-refractivity contribution is 5.71. The summed E-state index contributed by atoms with van der Waals surface area (Å²) in [4.78, 5) is 20.2. The van der Waals surface area contributed by atoms with E-state index in [1.54, 1.807) is 0 Å². The minimum absolute atomic E-state index is 0.247. The predicted octanol–water partition coefficient (Wildman–Crippen LogP) is 1.76. The molecule has 1 aromatic heterocycles. The Hall–Kier alpha value is -2.06. The van der Waals surface area contributed by atoms with Gasteiger partial charge in [-0.05, 0) is 12.8 Å². The lowest BCUT2D eigenvalue weighted by Gasteiger charge is -2.32. The van der Waals surface area contributed by atoms with Gasteiger partial charge in [0.15, 0.2) is 0 Å². The van der Waals surface area contributed by atoms with Crippen LogP contribution in [0.4, 0.5) is 14.5 Å². The Kier molecular flexibility index (Phi) is 2.97. The van der Waals surface area contributed by atoms with Crippen LogP contribution < -0.4 is 0 Å². The normalized spacial score (nSPS) is 22.8. The quantitative estimate of drug-likeness (QED) is 0.657. The van der Waals surface area contributed by atoms with Crippen molar-refractivity contribution in [2.75, 3.05) is 0 Å². The molecule has 9 heteroatoms. The van der Waals surface area contributed by atoms with Gasteiger partial charge in [-0.15, -0.1) is 0 Å². The standard InChI is InChI=1S/C9H9F2N3O4/c10-8(11)7-6(14(17)18)3-13(12-7)5-1-4(2-5)9(15)16/h3-5,8H,1-2H2,(H,15,16). The Labute approximate surface area is 99.2 Å². The largest absolute Gasteiger partial charge is 0.481 e. The molecular weight excluding hydrogens is 252 g/mol. The van der Waals surface area contributed by atoms with E-state index in [9.17, 15) is 23.7 Å². The van der Waals surface area contributed by atoms with E-state index in [2.05, 4.69) is 5.10 Å². The van der Waals surface area contributed by atoms with E-state index in [0.717, 1.165) is 10.9 Å². The predicted molar refractivity (Wildman–Crippen MR) is 53.2 cm³/mol. The van der Waals surface area contributed by atoms with Crippen LogP contribution in [0.1, 0.15) is 31.0 Å². The van der Waals surface area contributed by atoms with Crippen LogP contribution in [0.3, 0.4) is 0 Å². The second-order valence-corrected chi connectivity index (χ2v) is 4.10. The minimum Gasteiger partial charge on any atom is -0.481 e. The highest BCUT2D eigenvalue weighted by atomic mass is 19.3. The molecule has 7 nitrogen and oxygen atoms in total. The second-order valence-electron chi connectivity index (χ2n) is 4.10. The molecule has 0 amide bonds. The third-order valence-electron chi connectivity index (χ3n) is 2.98. The zero-order chi connectivity index (χ0) is 13.4. The van der Waals surface area contributed by atoms with Gasteiger partial charge in [-0.3, -0.25) is 19.6 Å². The summed E-state index contributed by atoms with van der Waals surface area (Å²) >= 11 is 0. The van der Waals surface area contributed by atoms with Gasteiger partial charge in [0.2, 0.25) is 5.69 Å². The lowest BCUT2D eigenvalue weighted by atomic mass is 9.80. The fourth-order valence-corrected chi connectivity index (χ4v) is 1.88. The molecule has 1 aliphatic rings. The van der Waals surface area contributed by atoms with Crippen molar-refractivity contribution in [1.82, 2.24) is 9.78 Å². The van der Waals surface area contributed by atoms with Gasteiger partial charge in [-0.25, -0.2) is 8.78 Å². The monoisotopic (exact) mass is 261 g/mol. The van der Waals surface area contributed by atoms with Crippen LogP contribution >= 0.6 is 0 Å². The number of nitrogens with zero attached hydrogens (tertiary/aromatic N) is 3. The van der Waals surface area contributed by atoms with E-state index in [0.29, 0.717) is 0 Å². The van der Waals surface area contributed by atoms with Crippen LogP contribution in [-0.4, -0.2) is 25.8 Å². The summed E-state index contributed by atoms with van der Waals surface area (Å²) in [5.74, 6) is -1.49. The lowest BCUT2D eigenvalue weighted by molar-refractivity contribution is -0.386.